The van der Waals surface area contributed by atoms with Gasteiger partial charge in [-0.15, -0.1) is 5.10 Å². The van der Waals surface area contributed by atoms with Crippen molar-refractivity contribution in [3.63, 3.8) is 0 Å². The Kier molecular flexibility index (Phi) is 8.85. The molecule has 3 aromatic heterocycles. The van der Waals surface area contributed by atoms with Crippen LogP contribution < -0.4 is 16.4 Å². The number of alkyl halides is 5. The van der Waals surface area contributed by atoms with Crippen LogP contribution in [0.25, 0.3) is 22.4 Å². The summed E-state index contributed by atoms with van der Waals surface area (Å²) in [5.41, 5.74) is 6.70. The quantitative estimate of drug-likeness (QED) is 0.230. The Morgan fingerprint density at radius 3 is 2.48 bits per heavy atom. The fourth-order valence-electron chi connectivity index (χ4n) is 4.37. The number of aromatic nitrogens is 4. The van der Waals surface area contributed by atoms with Crippen molar-refractivity contribution in [1.82, 2.24) is 25.5 Å². The van der Waals surface area contributed by atoms with Crippen LogP contribution in [-0.4, -0.2) is 51.5 Å². The molecule has 218 valence electrons. The van der Waals surface area contributed by atoms with E-state index in [1.54, 1.807) is 48.7 Å². The van der Waals surface area contributed by atoms with Crippen LogP contribution in [-0.2, 0) is 11.0 Å². The zero-order valence-corrected chi connectivity index (χ0v) is 22.0. The molecule has 0 spiro atoms. The number of primary amides is 1. The summed E-state index contributed by atoms with van der Waals surface area (Å²) in [6, 6.07) is 12.5. The van der Waals surface area contributed by atoms with E-state index in [1.807, 2.05) is 6.92 Å². The minimum absolute atomic E-state index is 0.126. The van der Waals surface area contributed by atoms with E-state index in [-0.39, 0.29) is 18.6 Å². The van der Waals surface area contributed by atoms with E-state index in [4.69, 9.17) is 4.79 Å². The molecule has 0 saturated carbocycles. The number of benzene rings is 1. The van der Waals surface area contributed by atoms with Gasteiger partial charge in [0, 0.05) is 30.2 Å². The first kappa shape index (κ1) is 30.1. The molecular weight excluding hydrogens is 561 g/mol. The molecule has 1 atom stereocenters. The maximum Gasteiger partial charge on any atom is 0.418 e. The average molecular weight is 586 g/mol. The van der Waals surface area contributed by atoms with Gasteiger partial charge in [0.1, 0.15) is 0 Å². The topological polar surface area (TPSA) is 136 Å². The predicted molar refractivity (Wildman–Crippen MR) is 143 cm³/mol. The predicted octanol–water partition coefficient (Wildman–Crippen LogP) is 4.60. The number of nitrogens with two attached hydrogens (primary N) is 1. The molecule has 14 heteroatoms. The van der Waals surface area contributed by atoms with Crippen molar-refractivity contribution in [3.05, 3.63) is 89.6 Å². The van der Waals surface area contributed by atoms with Crippen LogP contribution in [0.15, 0.2) is 67.1 Å². The van der Waals surface area contributed by atoms with Gasteiger partial charge in [-0.2, -0.15) is 18.3 Å². The molecule has 4 N–H and O–H groups in total. The molecule has 4 heterocycles. The van der Waals surface area contributed by atoms with Crippen molar-refractivity contribution >= 4 is 18.0 Å². The van der Waals surface area contributed by atoms with Crippen LogP contribution in [0.4, 0.5) is 27.6 Å². The number of aryl methyl sites for hydroxylation is 1. The van der Waals surface area contributed by atoms with E-state index in [9.17, 15) is 26.7 Å². The molecule has 1 unspecified atom stereocenters. The van der Waals surface area contributed by atoms with E-state index in [0.29, 0.717) is 29.2 Å². The Labute approximate surface area is 236 Å². The molecule has 1 aliphatic rings. The number of nitrogens with one attached hydrogen (secondary N) is 2. The zero-order valence-electron chi connectivity index (χ0n) is 22.0. The Morgan fingerprint density at radius 2 is 1.79 bits per heavy atom. The van der Waals surface area contributed by atoms with Crippen LogP contribution in [0, 0.1) is 6.92 Å². The third-order valence-corrected chi connectivity index (χ3v) is 6.43. The number of hydrogen-bond donors (Lipinski definition) is 3. The summed E-state index contributed by atoms with van der Waals surface area (Å²) in [6.45, 7) is 1.59. The molecule has 1 saturated heterocycles. The lowest BCUT2D eigenvalue weighted by Gasteiger charge is -2.17. The lowest BCUT2D eigenvalue weighted by Crippen LogP contribution is -2.25. The van der Waals surface area contributed by atoms with Gasteiger partial charge in [0.05, 0.1) is 35.6 Å². The number of hydrogen-bond acceptors (Lipinski definition) is 7. The normalized spacial score (nSPS) is 15.8. The molecule has 42 heavy (non-hydrogen) atoms. The molecule has 9 nitrogen and oxygen atoms in total. The summed E-state index contributed by atoms with van der Waals surface area (Å²) in [4.78, 5) is 29.7. The third kappa shape index (κ3) is 6.89. The van der Waals surface area contributed by atoms with Crippen molar-refractivity contribution in [1.29, 1.82) is 0 Å². The van der Waals surface area contributed by atoms with Crippen LogP contribution in [0.1, 0.15) is 33.2 Å². The molecule has 2 amide bonds. The maximum atomic E-state index is 14.3. The standard InChI is InChI=1S/C27H21F5N6O.CH3NO/c1-15-2-3-19(37-25(39)24-10-18(12-36-38-24)27(30,31)32)11-20(15)16-4-6-34-22(8-16)17-5-7-35-23(9-17)21-13-33-14-26(21,28)29;2-1-3/h2-12,21,33H,13-14H2,1H3,(H,37,39);1H,(H2,2,3). The minimum atomic E-state index is -4.66. The molecule has 1 aromatic carbocycles. The molecule has 4 aromatic rings. The number of rotatable bonds is 5. The van der Waals surface area contributed by atoms with Crippen molar-refractivity contribution in [2.75, 3.05) is 18.4 Å². The number of pyridine rings is 2. The number of carbonyl (C=O) groups excluding carboxylic acids is 2. The second-order valence-electron chi connectivity index (χ2n) is 9.29. The lowest BCUT2D eigenvalue weighted by atomic mass is 9.96. The smallest absolute Gasteiger partial charge is 0.372 e. The largest absolute Gasteiger partial charge is 0.418 e. The van der Waals surface area contributed by atoms with Gasteiger partial charge in [-0.3, -0.25) is 19.6 Å². The van der Waals surface area contributed by atoms with Gasteiger partial charge in [0.2, 0.25) is 6.41 Å². The second kappa shape index (κ2) is 12.3. The maximum absolute atomic E-state index is 14.3. The van der Waals surface area contributed by atoms with Gasteiger partial charge in [-0.05, 0) is 66.1 Å². The van der Waals surface area contributed by atoms with Crippen LogP contribution >= 0.6 is 0 Å². The first-order valence-corrected chi connectivity index (χ1v) is 12.4. The van der Waals surface area contributed by atoms with Crippen LogP contribution in [0.3, 0.4) is 0 Å². The van der Waals surface area contributed by atoms with Gasteiger partial charge in [-0.1, -0.05) is 6.07 Å². The highest BCUT2D eigenvalue weighted by molar-refractivity contribution is 6.03. The summed E-state index contributed by atoms with van der Waals surface area (Å²) < 4.78 is 67.5. The van der Waals surface area contributed by atoms with E-state index in [1.165, 1.54) is 6.20 Å². The Bertz CT molecular complexity index is 1600. The molecular formula is C28H24F5N7O2. The Hall–Kier alpha value is -4.85. The fraction of sp³-hybridized carbons (Fsp3) is 0.214. The van der Waals surface area contributed by atoms with Gasteiger partial charge in [-0.25, -0.2) is 8.78 Å². The average Bonchev–Trinajstić information content (AvgIpc) is 3.33. The summed E-state index contributed by atoms with van der Waals surface area (Å²) in [5.74, 6) is -4.78. The summed E-state index contributed by atoms with van der Waals surface area (Å²) in [6.07, 6.45) is -0.805. The summed E-state index contributed by atoms with van der Waals surface area (Å²) >= 11 is 0. The van der Waals surface area contributed by atoms with Gasteiger partial charge < -0.3 is 16.4 Å². The Balaban J connectivity index is 0.00000129. The number of amides is 2. The highest BCUT2D eigenvalue weighted by Crippen LogP contribution is 2.37. The number of nitrogens with zero attached hydrogens (tertiary/aromatic N) is 4. The lowest BCUT2D eigenvalue weighted by molar-refractivity contribution is -0.138. The van der Waals surface area contributed by atoms with Crippen LogP contribution in [0.2, 0.25) is 0 Å². The van der Waals surface area contributed by atoms with Crippen molar-refractivity contribution in [2.24, 2.45) is 5.73 Å². The number of anilines is 1. The minimum Gasteiger partial charge on any atom is -0.372 e. The summed E-state index contributed by atoms with van der Waals surface area (Å²) in [5, 5.41) is 12.1. The van der Waals surface area contributed by atoms with Crippen molar-refractivity contribution in [3.8, 4) is 22.4 Å². The van der Waals surface area contributed by atoms with Gasteiger partial charge in [0.25, 0.3) is 11.8 Å². The molecule has 1 fully saturated rings. The summed E-state index contributed by atoms with van der Waals surface area (Å²) in [7, 11) is 0. The first-order chi connectivity index (χ1) is 19.9. The van der Waals surface area contributed by atoms with Crippen molar-refractivity contribution < 1.29 is 31.5 Å². The monoisotopic (exact) mass is 585 g/mol. The zero-order chi connectivity index (χ0) is 30.5. The fourth-order valence-corrected chi connectivity index (χ4v) is 4.37. The highest BCUT2D eigenvalue weighted by Gasteiger charge is 2.45. The van der Waals surface area contributed by atoms with Gasteiger partial charge >= 0.3 is 6.18 Å². The molecule has 0 bridgehead atoms. The molecule has 5 rings (SSSR count). The molecule has 0 aliphatic carbocycles. The van der Waals surface area contributed by atoms with Gasteiger partial charge in [0.15, 0.2) is 5.69 Å². The molecule has 1 aliphatic heterocycles. The third-order valence-electron chi connectivity index (χ3n) is 6.43. The highest BCUT2D eigenvalue weighted by atomic mass is 19.4. The molecule has 0 radical (unpaired) electrons. The first-order valence-electron chi connectivity index (χ1n) is 12.4. The second-order valence-corrected chi connectivity index (χ2v) is 9.29. The van der Waals surface area contributed by atoms with Crippen LogP contribution in [0.5, 0.6) is 0 Å². The van der Waals surface area contributed by atoms with E-state index >= 15 is 0 Å². The van der Waals surface area contributed by atoms with Crippen molar-refractivity contribution in [2.45, 2.75) is 24.9 Å². The number of carbonyl (C=O) groups is 2. The Morgan fingerprint density at radius 1 is 1.07 bits per heavy atom. The van der Waals surface area contributed by atoms with E-state index in [2.05, 4.69) is 36.5 Å². The number of halogens is 5. The van der Waals surface area contributed by atoms with E-state index in [0.717, 1.165) is 16.7 Å². The SMILES string of the molecule is Cc1ccc(NC(=O)c2cc(C(F)(F)F)cnn2)cc1-c1ccnc(-c2ccnc(C3CNCC3(F)F)c2)c1.NC=O. The van der Waals surface area contributed by atoms with E-state index < -0.39 is 41.7 Å².